The second kappa shape index (κ2) is 9.00. The Morgan fingerprint density at radius 3 is 2.83 bits per heavy atom. The van der Waals surface area contributed by atoms with Crippen molar-refractivity contribution in [2.45, 2.75) is 5.37 Å². The molecule has 0 saturated carbocycles. The van der Waals surface area contributed by atoms with Gasteiger partial charge in [-0.05, 0) is 6.08 Å². The summed E-state index contributed by atoms with van der Waals surface area (Å²) in [6.07, 6.45) is 0.439. The van der Waals surface area contributed by atoms with Gasteiger partial charge in [-0.25, -0.2) is 20.0 Å². The van der Waals surface area contributed by atoms with Crippen LogP contribution in [-0.4, -0.2) is 69.4 Å². The number of carboxylic acid groups (broad SMARTS) is 1. The van der Waals surface area contributed by atoms with E-state index in [0.29, 0.717) is 5.75 Å². The molecular weight excluding hydrogens is 440 g/mol. The van der Waals surface area contributed by atoms with E-state index in [-0.39, 0.29) is 28.8 Å². The zero-order chi connectivity index (χ0) is 21.8. The maximum atomic E-state index is 12.2. The van der Waals surface area contributed by atoms with E-state index in [0.717, 1.165) is 16.2 Å². The van der Waals surface area contributed by atoms with Gasteiger partial charge in [0.15, 0.2) is 10.8 Å². The topological polar surface area (TPSA) is 186 Å². The average Bonchev–Trinajstić information content (AvgIpc) is 3.15. The number of ether oxygens (including phenoxy) is 1. The third kappa shape index (κ3) is 4.30. The lowest BCUT2D eigenvalue weighted by Gasteiger charge is -2.47. The van der Waals surface area contributed by atoms with Crippen LogP contribution in [0.2, 0.25) is 0 Å². The molecule has 2 unspecified atom stereocenters. The molecule has 2 aliphatic rings. The molecule has 0 aliphatic carbocycles. The van der Waals surface area contributed by atoms with Crippen LogP contribution in [0.4, 0.5) is 9.93 Å². The predicted octanol–water partition coefficient (Wildman–Crippen LogP) is -0.667. The zero-order valence-corrected chi connectivity index (χ0v) is 17.0. The minimum atomic E-state index is -1.19. The highest BCUT2D eigenvalue weighted by atomic mass is 32.2. The molecule has 160 valence electrons. The van der Waals surface area contributed by atoms with Gasteiger partial charge in [0.2, 0.25) is 5.91 Å². The molecule has 0 radical (unpaired) electrons. The Hall–Kier alpha value is -3.33. The number of hydrazine groups is 1. The van der Waals surface area contributed by atoms with Crippen LogP contribution >= 0.6 is 23.1 Å². The number of nitrogens with two attached hydrogens (primary N) is 1. The zero-order valence-electron chi connectivity index (χ0n) is 15.4. The first-order valence-electron chi connectivity index (χ1n) is 8.27. The van der Waals surface area contributed by atoms with E-state index in [1.807, 2.05) is 5.43 Å². The second-order valence-corrected chi connectivity index (χ2v) is 7.84. The fraction of sp³-hybridized carbons (Fsp3) is 0.333. The van der Waals surface area contributed by atoms with E-state index in [1.165, 1.54) is 30.3 Å². The third-order valence-electron chi connectivity index (χ3n) is 4.01. The molecule has 0 aromatic carbocycles. The standard InChI is InChI=1S/C15H16N6O7S2/c1-27-20-9(7-5-30-14(16)17-7)10(22)18-19-15(26)28-4-6-11(23)21-8(13(24)25)2-3-29-12(6)21/h2,5-6,12H,3-4H2,1H3,(H2,16,17)(H,18,22)(H,19,26)(H,24,25)/b20-9+. The molecule has 3 amide bonds. The van der Waals surface area contributed by atoms with Crippen molar-refractivity contribution in [1.29, 1.82) is 0 Å². The van der Waals surface area contributed by atoms with Gasteiger partial charge < -0.3 is 20.4 Å². The summed E-state index contributed by atoms with van der Waals surface area (Å²) >= 11 is 2.45. The molecule has 15 heteroatoms. The van der Waals surface area contributed by atoms with Gasteiger partial charge in [-0.1, -0.05) is 5.16 Å². The Balaban J connectivity index is 1.49. The van der Waals surface area contributed by atoms with Crippen molar-refractivity contribution in [2.75, 3.05) is 25.2 Å². The molecule has 2 aliphatic heterocycles. The number of carbonyl (C=O) groups is 4. The van der Waals surface area contributed by atoms with Gasteiger partial charge in [0.25, 0.3) is 5.91 Å². The number of aliphatic carboxylic acids is 1. The van der Waals surface area contributed by atoms with Crippen LogP contribution in [0.5, 0.6) is 0 Å². The molecule has 3 rings (SSSR count). The highest BCUT2D eigenvalue weighted by Crippen LogP contribution is 2.41. The summed E-state index contributed by atoms with van der Waals surface area (Å²) in [6, 6.07) is 0. The lowest BCUT2D eigenvalue weighted by atomic mass is 9.97. The van der Waals surface area contributed by atoms with E-state index in [9.17, 15) is 19.2 Å². The minimum absolute atomic E-state index is 0.0793. The molecule has 1 aromatic rings. The summed E-state index contributed by atoms with van der Waals surface area (Å²) in [4.78, 5) is 57.1. The van der Waals surface area contributed by atoms with E-state index >= 15 is 0 Å². The summed E-state index contributed by atoms with van der Waals surface area (Å²) in [5, 5.41) is 14.0. The first kappa shape index (κ1) is 21.4. The highest BCUT2D eigenvalue weighted by Gasteiger charge is 2.52. The Bertz CT molecular complexity index is 946. The normalized spacial score (nSPS) is 20.4. The van der Waals surface area contributed by atoms with Gasteiger partial charge in [-0.3, -0.25) is 19.9 Å². The number of thioether (sulfide) groups is 1. The predicted molar refractivity (Wildman–Crippen MR) is 105 cm³/mol. The van der Waals surface area contributed by atoms with Crippen LogP contribution in [0.15, 0.2) is 22.3 Å². The van der Waals surface area contributed by atoms with Crippen LogP contribution < -0.4 is 16.6 Å². The van der Waals surface area contributed by atoms with E-state index in [4.69, 9.17) is 15.6 Å². The summed E-state index contributed by atoms with van der Waals surface area (Å²) in [6.45, 7) is -0.275. The van der Waals surface area contributed by atoms with E-state index < -0.39 is 35.2 Å². The minimum Gasteiger partial charge on any atom is -0.477 e. The fourth-order valence-corrected chi connectivity index (χ4v) is 4.49. The SMILES string of the molecule is CO/N=C(/C(=O)NNC(=O)OCC1C(=O)N2C(C(=O)O)=CCSC12)c1csc(N)n1. The van der Waals surface area contributed by atoms with Crippen molar-refractivity contribution in [1.82, 2.24) is 20.7 Å². The van der Waals surface area contributed by atoms with Crippen molar-refractivity contribution in [3.63, 3.8) is 0 Å². The number of fused-ring (bicyclic) bond motifs is 1. The van der Waals surface area contributed by atoms with Gasteiger partial charge in [0.05, 0.1) is 5.37 Å². The molecule has 0 spiro atoms. The number of rotatable bonds is 6. The van der Waals surface area contributed by atoms with Crippen molar-refractivity contribution in [3.8, 4) is 0 Å². The summed E-state index contributed by atoms with van der Waals surface area (Å²) in [5.41, 5.74) is 9.49. The molecule has 0 bridgehead atoms. The monoisotopic (exact) mass is 456 g/mol. The first-order chi connectivity index (χ1) is 14.3. The van der Waals surface area contributed by atoms with Gasteiger partial charge in [-0.15, -0.1) is 23.1 Å². The van der Waals surface area contributed by atoms with Crippen LogP contribution in [0.1, 0.15) is 5.69 Å². The lowest BCUT2D eigenvalue weighted by Crippen LogP contribution is -2.62. The van der Waals surface area contributed by atoms with Crippen LogP contribution in [0.25, 0.3) is 0 Å². The molecule has 3 heterocycles. The smallest absolute Gasteiger partial charge is 0.426 e. The Kier molecular flexibility index (Phi) is 6.41. The lowest BCUT2D eigenvalue weighted by molar-refractivity contribution is -0.154. The van der Waals surface area contributed by atoms with Crippen LogP contribution in [0.3, 0.4) is 0 Å². The number of carbonyl (C=O) groups excluding carboxylic acids is 3. The number of oxime groups is 1. The first-order valence-corrected chi connectivity index (χ1v) is 10.2. The number of nitrogens with one attached hydrogen (secondary N) is 2. The Labute approximate surface area is 177 Å². The molecule has 1 saturated heterocycles. The van der Waals surface area contributed by atoms with Crippen molar-refractivity contribution in [3.05, 3.63) is 22.8 Å². The number of anilines is 1. The molecule has 1 aromatic heterocycles. The van der Waals surface area contributed by atoms with Gasteiger partial charge in [0.1, 0.15) is 31.0 Å². The van der Waals surface area contributed by atoms with Crippen molar-refractivity contribution < 1.29 is 33.9 Å². The van der Waals surface area contributed by atoms with Crippen molar-refractivity contribution in [2.24, 2.45) is 11.1 Å². The maximum absolute atomic E-state index is 12.2. The number of nitrogens with zero attached hydrogens (tertiary/aromatic N) is 3. The van der Waals surface area contributed by atoms with E-state index in [2.05, 4.69) is 20.4 Å². The molecule has 1 fully saturated rings. The van der Waals surface area contributed by atoms with Crippen LogP contribution in [0, 0.1) is 5.92 Å². The number of carboxylic acids is 1. The number of hydrogen-bond acceptors (Lipinski definition) is 11. The Morgan fingerprint density at radius 1 is 1.43 bits per heavy atom. The average molecular weight is 456 g/mol. The number of hydrogen-bond donors (Lipinski definition) is 4. The number of nitrogen functional groups attached to an aromatic ring is 1. The number of aromatic nitrogens is 1. The quantitative estimate of drug-likeness (QED) is 0.243. The summed E-state index contributed by atoms with van der Waals surface area (Å²) in [5.74, 6) is -2.72. The van der Waals surface area contributed by atoms with Crippen molar-refractivity contribution >= 4 is 57.8 Å². The second-order valence-electron chi connectivity index (χ2n) is 5.80. The fourth-order valence-electron chi connectivity index (χ4n) is 2.70. The Morgan fingerprint density at radius 2 is 2.20 bits per heavy atom. The van der Waals surface area contributed by atoms with Gasteiger partial charge in [-0.2, -0.15) is 0 Å². The molecule has 2 atom stereocenters. The largest absolute Gasteiger partial charge is 0.477 e. The van der Waals surface area contributed by atoms with Gasteiger partial charge in [0, 0.05) is 11.1 Å². The number of thiazole rings is 1. The maximum Gasteiger partial charge on any atom is 0.426 e. The molecular formula is C15H16N6O7S2. The number of amides is 3. The highest BCUT2D eigenvalue weighted by molar-refractivity contribution is 8.00. The molecule has 5 N–H and O–H groups in total. The van der Waals surface area contributed by atoms with E-state index in [1.54, 1.807) is 0 Å². The number of β-lactam (4-membered cyclic amide) rings is 1. The molecule has 30 heavy (non-hydrogen) atoms. The van der Waals surface area contributed by atoms with Crippen LogP contribution in [-0.2, 0) is 24.0 Å². The summed E-state index contributed by atoms with van der Waals surface area (Å²) in [7, 11) is 1.23. The van der Waals surface area contributed by atoms with Gasteiger partial charge >= 0.3 is 12.1 Å². The summed E-state index contributed by atoms with van der Waals surface area (Å²) < 4.78 is 4.96. The third-order valence-corrected chi connectivity index (χ3v) is 5.92. The molecule has 13 nitrogen and oxygen atoms in total.